The molecule has 1 aromatic heterocycles. The quantitative estimate of drug-likeness (QED) is 0.780. The van der Waals surface area contributed by atoms with Crippen molar-refractivity contribution in [2.24, 2.45) is 0 Å². The first kappa shape index (κ1) is 12.8. The highest BCUT2D eigenvalue weighted by Crippen LogP contribution is 2.31. The topological polar surface area (TPSA) is 96.0 Å². The number of fused-ring (bicyclic) bond motifs is 2. The summed E-state index contributed by atoms with van der Waals surface area (Å²) in [5, 5.41) is 8.77. The Bertz CT molecular complexity index is 818. The van der Waals surface area contributed by atoms with Crippen molar-refractivity contribution < 1.29 is 9.59 Å². The van der Waals surface area contributed by atoms with Gasteiger partial charge in [-0.2, -0.15) is 0 Å². The van der Waals surface area contributed by atoms with Crippen LogP contribution in [0, 0.1) is 0 Å². The monoisotopic (exact) mass is 295 g/mol. The summed E-state index contributed by atoms with van der Waals surface area (Å²) in [6.45, 7) is 1.94. The zero-order chi connectivity index (χ0) is 15.3. The summed E-state index contributed by atoms with van der Waals surface area (Å²) in [6.07, 6.45) is 1.67. The maximum Gasteiger partial charge on any atom is 0.252 e. The van der Waals surface area contributed by atoms with Gasteiger partial charge in [0.15, 0.2) is 0 Å². The van der Waals surface area contributed by atoms with Gasteiger partial charge in [-0.15, -0.1) is 0 Å². The zero-order valence-corrected chi connectivity index (χ0v) is 11.8. The van der Waals surface area contributed by atoms with Crippen molar-refractivity contribution in [3.63, 3.8) is 0 Å². The number of amides is 2. The molecule has 0 fully saturated rings. The Morgan fingerprint density at radius 1 is 1.27 bits per heavy atom. The van der Waals surface area contributed by atoms with Crippen LogP contribution in [0.4, 0.5) is 17.3 Å². The van der Waals surface area contributed by atoms with Gasteiger partial charge in [-0.3, -0.25) is 9.59 Å². The van der Waals surface area contributed by atoms with Crippen molar-refractivity contribution in [1.82, 2.24) is 15.3 Å². The minimum Gasteiger partial charge on any atom is -0.345 e. The Hall–Kier alpha value is -2.96. The van der Waals surface area contributed by atoms with E-state index in [1.807, 2.05) is 19.1 Å². The third-order valence-electron chi connectivity index (χ3n) is 3.91. The summed E-state index contributed by atoms with van der Waals surface area (Å²) >= 11 is 0. The Morgan fingerprint density at radius 3 is 3.00 bits per heavy atom. The fourth-order valence-electron chi connectivity index (χ4n) is 2.83. The molecule has 0 radical (unpaired) electrons. The number of nitrogens with zero attached hydrogens (tertiary/aromatic N) is 2. The fraction of sp³-hybridized carbons (Fsp3) is 0.200. The van der Waals surface area contributed by atoms with Gasteiger partial charge in [0.1, 0.15) is 18.0 Å². The van der Waals surface area contributed by atoms with E-state index in [1.54, 1.807) is 6.07 Å². The molecule has 0 aliphatic carbocycles. The fourth-order valence-corrected chi connectivity index (χ4v) is 2.83. The van der Waals surface area contributed by atoms with E-state index in [2.05, 4.69) is 25.9 Å². The molecule has 3 heterocycles. The van der Waals surface area contributed by atoms with Gasteiger partial charge in [-0.05, 0) is 30.7 Å². The van der Waals surface area contributed by atoms with Crippen LogP contribution in [-0.2, 0) is 11.2 Å². The third kappa shape index (κ3) is 1.90. The van der Waals surface area contributed by atoms with E-state index in [0.29, 0.717) is 17.2 Å². The van der Waals surface area contributed by atoms with Crippen LogP contribution in [0.3, 0.4) is 0 Å². The minimum absolute atomic E-state index is 0.0105. The molecule has 2 aliphatic heterocycles. The Morgan fingerprint density at radius 2 is 2.14 bits per heavy atom. The van der Waals surface area contributed by atoms with Gasteiger partial charge in [0.05, 0.1) is 12.5 Å². The van der Waals surface area contributed by atoms with Gasteiger partial charge in [-0.25, -0.2) is 9.97 Å². The Balaban J connectivity index is 1.69. The molecule has 2 amide bonds. The van der Waals surface area contributed by atoms with Crippen molar-refractivity contribution in [2.75, 3.05) is 10.6 Å². The molecule has 7 heteroatoms. The lowest BCUT2D eigenvalue weighted by molar-refractivity contribution is -0.115. The lowest BCUT2D eigenvalue weighted by Gasteiger charge is -2.10. The van der Waals surface area contributed by atoms with Gasteiger partial charge >= 0.3 is 0 Å². The number of nitrogens with one attached hydrogen (secondary N) is 3. The van der Waals surface area contributed by atoms with Crippen LogP contribution in [0.2, 0.25) is 0 Å². The molecule has 7 nitrogen and oxygen atoms in total. The smallest absolute Gasteiger partial charge is 0.252 e. The Labute approximate surface area is 126 Å². The molecule has 4 rings (SSSR count). The zero-order valence-electron chi connectivity index (χ0n) is 11.8. The van der Waals surface area contributed by atoms with Gasteiger partial charge in [0, 0.05) is 16.8 Å². The van der Waals surface area contributed by atoms with E-state index < -0.39 is 0 Å². The van der Waals surface area contributed by atoms with Crippen molar-refractivity contribution in [3.05, 3.63) is 41.2 Å². The largest absolute Gasteiger partial charge is 0.345 e. The second kappa shape index (κ2) is 4.52. The summed E-state index contributed by atoms with van der Waals surface area (Å²) in [5.41, 5.74) is 3.23. The molecule has 3 N–H and O–H groups in total. The average Bonchev–Trinajstić information content (AvgIpc) is 3.00. The predicted molar refractivity (Wildman–Crippen MR) is 80.0 cm³/mol. The van der Waals surface area contributed by atoms with E-state index in [1.165, 1.54) is 6.33 Å². The standard InChI is InChI=1S/C15H13N5O2/c1-7-10-4-8(2-3-9(10)15(22)18-7)19-13-11-5-12(21)20-14(11)17-6-16-13/h2-4,6-7H,5H2,1H3,(H,18,22)(H2,16,17,19,20,21). The molecule has 0 bridgehead atoms. The first-order chi connectivity index (χ1) is 10.6. The number of hydrogen-bond donors (Lipinski definition) is 3. The molecule has 110 valence electrons. The van der Waals surface area contributed by atoms with Gasteiger partial charge in [-0.1, -0.05) is 0 Å². The van der Waals surface area contributed by atoms with E-state index >= 15 is 0 Å². The summed E-state index contributed by atoms with van der Waals surface area (Å²) in [6, 6.07) is 5.54. The molecule has 0 saturated carbocycles. The molecule has 22 heavy (non-hydrogen) atoms. The molecule has 2 aliphatic rings. The van der Waals surface area contributed by atoms with Crippen LogP contribution >= 0.6 is 0 Å². The molecule has 0 spiro atoms. The molecule has 1 aromatic carbocycles. The van der Waals surface area contributed by atoms with Crippen molar-refractivity contribution >= 4 is 29.1 Å². The lowest BCUT2D eigenvalue weighted by Crippen LogP contribution is -2.16. The van der Waals surface area contributed by atoms with Gasteiger partial charge in [0.2, 0.25) is 5.91 Å². The number of carbonyl (C=O) groups is 2. The number of anilines is 3. The maximum absolute atomic E-state index is 11.7. The predicted octanol–water partition coefficient (Wildman–Crippen LogP) is 1.52. The van der Waals surface area contributed by atoms with Crippen LogP contribution in [0.5, 0.6) is 0 Å². The first-order valence-corrected chi connectivity index (χ1v) is 6.97. The normalized spacial score (nSPS) is 18.5. The van der Waals surface area contributed by atoms with E-state index in [9.17, 15) is 9.59 Å². The van der Waals surface area contributed by atoms with E-state index in [4.69, 9.17) is 0 Å². The summed E-state index contributed by atoms with van der Waals surface area (Å²) in [5.74, 6) is 1.02. The SMILES string of the molecule is CC1NC(=O)c2ccc(Nc3ncnc4c3CC(=O)N4)cc21. The first-order valence-electron chi connectivity index (χ1n) is 6.97. The summed E-state index contributed by atoms with van der Waals surface area (Å²) in [4.78, 5) is 31.5. The number of benzene rings is 1. The van der Waals surface area contributed by atoms with Gasteiger partial charge < -0.3 is 16.0 Å². The van der Waals surface area contributed by atoms with Crippen LogP contribution in [-0.4, -0.2) is 21.8 Å². The van der Waals surface area contributed by atoms with Crippen LogP contribution in [0.15, 0.2) is 24.5 Å². The van der Waals surface area contributed by atoms with Crippen molar-refractivity contribution in [3.8, 4) is 0 Å². The highest BCUT2D eigenvalue weighted by Gasteiger charge is 2.26. The highest BCUT2D eigenvalue weighted by atomic mass is 16.2. The minimum atomic E-state index is -0.0871. The number of aromatic nitrogens is 2. The van der Waals surface area contributed by atoms with Crippen LogP contribution < -0.4 is 16.0 Å². The molecule has 2 aromatic rings. The second-order valence-electron chi connectivity index (χ2n) is 5.40. The van der Waals surface area contributed by atoms with Crippen molar-refractivity contribution in [1.29, 1.82) is 0 Å². The van der Waals surface area contributed by atoms with Crippen LogP contribution in [0.25, 0.3) is 0 Å². The van der Waals surface area contributed by atoms with E-state index in [-0.39, 0.29) is 24.3 Å². The average molecular weight is 295 g/mol. The third-order valence-corrected chi connectivity index (χ3v) is 3.91. The molecule has 1 unspecified atom stereocenters. The summed E-state index contributed by atoms with van der Waals surface area (Å²) in [7, 11) is 0. The molecule has 1 atom stereocenters. The number of hydrogen-bond acceptors (Lipinski definition) is 5. The Kier molecular flexibility index (Phi) is 2.62. The second-order valence-corrected chi connectivity index (χ2v) is 5.40. The maximum atomic E-state index is 11.7. The van der Waals surface area contributed by atoms with E-state index in [0.717, 1.165) is 16.8 Å². The van der Waals surface area contributed by atoms with Gasteiger partial charge in [0.25, 0.3) is 5.91 Å². The van der Waals surface area contributed by atoms with Crippen molar-refractivity contribution in [2.45, 2.75) is 19.4 Å². The molecular weight excluding hydrogens is 282 g/mol. The highest BCUT2D eigenvalue weighted by molar-refractivity contribution is 6.00. The van der Waals surface area contributed by atoms with Crippen LogP contribution in [0.1, 0.15) is 34.5 Å². The number of rotatable bonds is 2. The number of carbonyl (C=O) groups excluding carboxylic acids is 2. The lowest BCUT2D eigenvalue weighted by atomic mass is 10.0. The summed E-state index contributed by atoms with van der Waals surface area (Å²) < 4.78 is 0. The molecule has 0 saturated heterocycles. The molecular formula is C15H13N5O2.